The van der Waals surface area contributed by atoms with Gasteiger partial charge in [0.25, 0.3) is 0 Å². The van der Waals surface area contributed by atoms with Gasteiger partial charge in [0.05, 0.1) is 6.61 Å². The molecule has 1 unspecified atom stereocenters. The van der Waals surface area contributed by atoms with E-state index in [0.29, 0.717) is 13.2 Å². The fraction of sp³-hybridized carbons (Fsp3) is 0.429. The van der Waals surface area contributed by atoms with E-state index >= 15 is 0 Å². The predicted octanol–water partition coefficient (Wildman–Crippen LogP) is 5.19. The molecule has 0 bridgehead atoms. The molecule has 2 rings (SSSR count). The summed E-state index contributed by atoms with van der Waals surface area (Å²) in [7, 11) is 0. The highest BCUT2D eigenvalue weighted by atomic mass is 16.7. The van der Waals surface area contributed by atoms with E-state index in [1.807, 2.05) is 49.4 Å². The van der Waals surface area contributed by atoms with Crippen LogP contribution in [0.15, 0.2) is 54.6 Å². The van der Waals surface area contributed by atoms with Gasteiger partial charge in [-0.2, -0.15) is 0 Å². The van der Waals surface area contributed by atoms with Crippen LogP contribution in [0.2, 0.25) is 0 Å². The maximum Gasteiger partial charge on any atom is 0.197 e. The van der Waals surface area contributed by atoms with E-state index in [0.717, 1.165) is 17.9 Å². The molecule has 0 aliphatic carbocycles. The highest BCUT2D eigenvalue weighted by molar-refractivity contribution is 5.31. The maximum absolute atomic E-state index is 5.79. The molecule has 0 amide bonds. The summed E-state index contributed by atoms with van der Waals surface area (Å²) < 4.78 is 17.0. The number of hydrogen-bond donors (Lipinski definition) is 0. The fourth-order valence-corrected chi connectivity index (χ4v) is 2.30. The van der Waals surface area contributed by atoms with Gasteiger partial charge in [-0.3, -0.25) is 0 Å². The van der Waals surface area contributed by atoms with Crippen molar-refractivity contribution in [2.24, 2.45) is 0 Å². The minimum absolute atomic E-state index is 0.190. The number of hydrogen-bond acceptors (Lipinski definition) is 3. The van der Waals surface area contributed by atoms with E-state index in [1.165, 1.54) is 5.56 Å². The molecule has 0 N–H and O–H groups in total. The number of benzene rings is 2. The molecule has 0 radical (unpaired) electrons. The molecule has 0 heterocycles. The smallest absolute Gasteiger partial charge is 0.197 e. The molecule has 0 aliphatic heterocycles. The molecule has 0 saturated heterocycles. The molecule has 0 fully saturated rings. The fourth-order valence-electron chi connectivity index (χ4n) is 2.30. The van der Waals surface area contributed by atoms with Crippen molar-refractivity contribution in [3.05, 3.63) is 60.2 Å². The van der Waals surface area contributed by atoms with Crippen molar-refractivity contribution in [3.63, 3.8) is 0 Å². The Morgan fingerprint density at radius 2 is 1.54 bits per heavy atom. The van der Waals surface area contributed by atoms with E-state index in [1.54, 1.807) is 0 Å². The third-order valence-electron chi connectivity index (χ3n) is 4.27. The first-order valence-electron chi connectivity index (χ1n) is 8.58. The zero-order valence-electron chi connectivity index (χ0n) is 15.1. The van der Waals surface area contributed by atoms with E-state index in [9.17, 15) is 0 Å². The summed E-state index contributed by atoms with van der Waals surface area (Å²) in [5.74, 6) is 1.67. The second kappa shape index (κ2) is 8.74. The molecule has 0 aromatic heterocycles. The Bertz CT molecular complexity index is 590. The highest BCUT2D eigenvalue weighted by Crippen LogP contribution is 2.28. The van der Waals surface area contributed by atoms with Gasteiger partial charge in [-0.05, 0) is 48.6 Å². The molecule has 3 heteroatoms. The standard InChI is InChI=1S/C21H28O3/c1-5-21(3,4)18-11-13-20(14-12-18)24-17(2)22-15-16-23-19-9-7-6-8-10-19/h6-14,17H,5,15-16H2,1-4H3. The lowest BCUT2D eigenvalue weighted by Crippen LogP contribution is -2.20. The van der Waals surface area contributed by atoms with Gasteiger partial charge in [0.1, 0.15) is 18.1 Å². The third kappa shape index (κ3) is 5.57. The van der Waals surface area contributed by atoms with Crippen LogP contribution < -0.4 is 9.47 Å². The Labute approximate surface area is 145 Å². The monoisotopic (exact) mass is 328 g/mol. The third-order valence-corrected chi connectivity index (χ3v) is 4.27. The van der Waals surface area contributed by atoms with Crippen LogP contribution >= 0.6 is 0 Å². The second-order valence-corrected chi connectivity index (χ2v) is 6.48. The van der Waals surface area contributed by atoms with Crippen LogP contribution in [0, 0.1) is 0 Å². The van der Waals surface area contributed by atoms with Crippen molar-refractivity contribution in [1.29, 1.82) is 0 Å². The molecule has 24 heavy (non-hydrogen) atoms. The summed E-state index contributed by atoms with van der Waals surface area (Å²) in [6.07, 6.45) is 0.795. The lowest BCUT2D eigenvalue weighted by molar-refractivity contribution is -0.0739. The van der Waals surface area contributed by atoms with Crippen molar-refractivity contribution in [2.75, 3.05) is 13.2 Å². The Balaban J connectivity index is 1.73. The molecule has 0 spiro atoms. The summed E-state index contributed by atoms with van der Waals surface area (Å²) in [6.45, 7) is 9.59. The van der Waals surface area contributed by atoms with Crippen LogP contribution in [0.4, 0.5) is 0 Å². The molecular weight excluding hydrogens is 300 g/mol. The number of para-hydroxylation sites is 1. The molecule has 130 valence electrons. The van der Waals surface area contributed by atoms with Gasteiger partial charge >= 0.3 is 0 Å². The SMILES string of the molecule is CCC(C)(C)c1ccc(OC(C)OCCOc2ccccc2)cc1. The predicted molar refractivity (Wildman–Crippen MR) is 97.7 cm³/mol. The normalized spacial score (nSPS) is 12.7. The minimum Gasteiger partial charge on any atom is -0.491 e. The van der Waals surface area contributed by atoms with E-state index in [4.69, 9.17) is 14.2 Å². The van der Waals surface area contributed by atoms with E-state index in [2.05, 4.69) is 32.9 Å². The van der Waals surface area contributed by atoms with Gasteiger partial charge in [0, 0.05) is 0 Å². The molecular formula is C21H28O3. The van der Waals surface area contributed by atoms with Gasteiger partial charge in [-0.25, -0.2) is 0 Å². The first-order valence-corrected chi connectivity index (χ1v) is 8.58. The van der Waals surface area contributed by atoms with Crippen LogP contribution in [-0.4, -0.2) is 19.5 Å². The molecule has 2 aromatic carbocycles. The summed E-state index contributed by atoms with van der Waals surface area (Å²) in [5.41, 5.74) is 1.51. The average Bonchev–Trinajstić information content (AvgIpc) is 2.60. The number of ether oxygens (including phenoxy) is 3. The summed E-state index contributed by atoms with van der Waals surface area (Å²) in [5, 5.41) is 0. The van der Waals surface area contributed by atoms with Crippen molar-refractivity contribution in [1.82, 2.24) is 0 Å². The highest BCUT2D eigenvalue weighted by Gasteiger charge is 2.17. The lowest BCUT2D eigenvalue weighted by Gasteiger charge is -2.23. The minimum atomic E-state index is -0.311. The molecule has 0 aliphatic rings. The van der Waals surface area contributed by atoms with Crippen molar-refractivity contribution in [2.45, 2.75) is 45.8 Å². The van der Waals surface area contributed by atoms with Crippen LogP contribution in [0.25, 0.3) is 0 Å². The molecule has 2 aromatic rings. The molecule has 1 atom stereocenters. The molecule has 0 saturated carbocycles. The Hall–Kier alpha value is -2.00. The van der Waals surface area contributed by atoms with Gasteiger partial charge in [0.2, 0.25) is 0 Å². The van der Waals surface area contributed by atoms with E-state index < -0.39 is 0 Å². The zero-order valence-corrected chi connectivity index (χ0v) is 15.1. The van der Waals surface area contributed by atoms with Gasteiger partial charge in [0.15, 0.2) is 6.29 Å². The Kier molecular flexibility index (Phi) is 6.68. The van der Waals surface area contributed by atoms with Crippen molar-refractivity contribution < 1.29 is 14.2 Å². The van der Waals surface area contributed by atoms with E-state index in [-0.39, 0.29) is 11.7 Å². The summed E-state index contributed by atoms with van der Waals surface area (Å²) >= 11 is 0. The largest absolute Gasteiger partial charge is 0.491 e. The summed E-state index contributed by atoms with van der Waals surface area (Å²) in [4.78, 5) is 0. The topological polar surface area (TPSA) is 27.7 Å². The Morgan fingerprint density at radius 3 is 2.17 bits per heavy atom. The van der Waals surface area contributed by atoms with Gasteiger partial charge in [-0.1, -0.05) is 51.1 Å². The summed E-state index contributed by atoms with van der Waals surface area (Å²) in [6, 6.07) is 18.0. The zero-order chi connectivity index (χ0) is 17.4. The van der Waals surface area contributed by atoms with Crippen LogP contribution in [0.5, 0.6) is 11.5 Å². The van der Waals surface area contributed by atoms with Crippen LogP contribution in [-0.2, 0) is 10.2 Å². The average molecular weight is 328 g/mol. The van der Waals surface area contributed by atoms with Gasteiger partial charge in [-0.15, -0.1) is 0 Å². The van der Waals surface area contributed by atoms with Crippen molar-refractivity contribution in [3.8, 4) is 11.5 Å². The number of rotatable bonds is 9. The first kappa shape index (κ1) is 18.3. The quantitative estimate of drug-likeness (QED) is 0.468. The van der Waals surface area contributed by atoms with Gasteiger partial charge < -0.3 is 14.2 Å². The second-order valence-electron chi connectivity index (χ2n) is 6.48. The maximum atomic E-state index is 5.79. The molecule has 3 nitrogen and oxygen atoms in total. The Morgan fingerprint density at radius 1 is 0.875 bits per heavy atom. The van der Waals surface area contributed by atoms with Crippen LogP contribution in [0.1, 0.15) is 39.7 Å². The lowest BCUT2D eigenvalue weighted by atomic mass is 9.82. The van der Waals surface area contributed by atoms with Crippen molar-refractivity contribution >= 4 is 0 Å². The van der Waals surface area contributed by atoms with Crippen LogP contribution in [0.3, 0.4) is 0 Å². The first-order chi connectivity index (χ1) is 11.5.